The van der Waals surface area contributed by atoms with Crippen LogP contribution < -0.4 is 16.2 Å². The van der Waals surface area contributed by atoms with Crippen molar-refractivity contribution in [3.8, 4) is 0 Å². The number of hydrogen-bond acceptors (Lipinski definition) is 5. The van der Waals surface area contributed by atoms with Crippen LogP contribution in [-0.4, -0.2) is 57.4 Å². The van der Waals surface area contributed by atoms with Gasteiger partial charge in [0.2, 0.25) is 0 Å². The third-order valence-corrected chi connectivity index (χ3v) is 4.37. The molecule has 2 aliphatic heterocycles. The Morgan fingerprint density at radius 1 is 1.29 bits per heavy atom. The highest BCUT2D eigenvalue weighted by molar-refractivity contribution is 5.20. The van der Waals surface area contributed by atoms with E-state index < -0.39 is 0 Å². The van der Waals surface area contributed by atoms with Crippen LogP contribution in [0.5, 0.6) is 0 Å². The number of likely N-dealkylation sites (N-methyl/N-ethyl adjacent to an activating group) is 1. The van der Waals surface area contributed by atoms with E-state index in [1.54, 1.807) is 0 Å². The molecule has 5 nitrogen and oxygen atoms in total. The summed E-state index contributed by atoms with van der Waals surface area (Å²) in [6, 6.07) is 11.0. The van der Waals surface area contributed by atoms with Crippen molar-refractivity contribution in [1.82, 2.24) is 21.1 Å². The lowest BCUT2D eigenvalue weighted by Crippen LogP contribution is -2.45. The summed E-state index contributed by atoms with van der Waals surface area (Å²) >= 11 is 0. The molecule has 21 heavy (non-hydrogen) atoms. The number of hydrogen-bond donors (Lipinski definition) is 3. The van der Waals surface area contributed by atoms with Crippen molar-refractivity contribution in [3.05, 3.63) is 35.9 Å². The maximum atomic E-state index is 5.79. The van der Waals surface area contributed by atoms with E-state index in [2.05, 4.69) is 58.4 Å². The summed E-state index contributed by atoms with van der Waals surface area (Å²) < 4.78 is 5.79. The molecular weight excluding hydrogens is 264 g/mol. The van der Waals surface area contributed by atoms with E-state index in [1.807, 2.05) is 0 Å². The van der Waals surface area contributed by atoms with Crippen LogP contribution in [0.25, 0.3) is 0 Å². The number of rotatable bonds is 5. The number of nitrogens with one attached hydrogen (secondary N) is 3. The molecule has 0 aliphatic carbocycles. The SMILES string of the molecule is CN1CCOC(CNCC2CNNC2c2ccccc2)C1. The molecule has 2 heterocycles. The van der Waals surface area contributed by atoms with Gasteiger partial charge in [-0.1, -0.05) is 30.3 Å². The van der Waals surface area contributed by atoms with Gasteiger partial charge in [0.25, 0.3) is 0 Å². The quantitative estimate of drug-likeness (QED) is 0.731. The Morgan fingerprint density at radius 2 is 2.14 bits per heavy atom. The van der Waals surface area contributed by atoms with Gasteiger partial charge in [-0.2, -0.15) is 0 Å². The smallest absolute Gasteiger partial charge is 0.0826 e. The highest BCUT2D eigenvalue weighted by Crippen LogP contribution is 2.23. The standard InChI is InChI=1S/C16H26N4O/c1-20-7-8-21-15(12-20)11-17-9-14-10-18-19-16(14)13-5-3-2-4-6-13/h2-6,14-19H,7-12H2,1H3. The summed E-state index contributed by atoms with van der Waals surface area (Å²) in [4.78, 5) is 2.33. The van der Waals surface area contributed by atoms with Crippen molar-refractivity contribution in [2.75, 3.05) is 46.4 Å². The van der Waals surface area contributed by atoms with Gasteiger partial charge in [-0.25, -0.2) is 5.43 Å². The van der Waals surface area contributed by atoms with E-state index in [-0.39, 0.29) is 0 Å². The van der Waals surface area contributed by atoms with Crippen LogP contribution in [0.3, 0.4) is 0 Å². The normalized spacial score (nSPS) is 30.6. The lowest BCUT2D eigenvalue weighted by atomic mass is 9.95. The molecule has 3 rings (SSSR count). The van der Waals surface area contributed by atoms with Gasteiger partial charge in [0.05, 0.1) is 18.8 Å². The number of hydrazine groups is 1. The third-order valence-electron chi connectivity index (χ3n) is 4.37. The van der Waals surface area contributed by atoms with Crippen molar-refractivity contribution < 1.29 is 4.74 Å². The molecule has 3 atom stereocenters. The first-order valence-electron chi connectivity index (χ1n) is 7.87. The highest BCUT2D eigenvalue weighted by Gasteiger charge is 2.28. The first kappa shape index (κ1) is 14.9. The largest absolute Gasteiger partial charge is 0.374 e. The number of morpholine rings is 1. The van der Waals surface area contributed by atoms with Crippen LogP contribution in [0.15, 0.2) is 30.3 Å². The monoisotopic (exact) mass is 290 g/mol. The lowest BCUT2D eigenvalue weighted by molar-refractivity contribution is -0.0183. The number of nitrogens with zero attached hydrogens (tertiary/aromatic N) is 1. The maximum absolute atomic E-state index is 5.79. The van der Waals surface area contributed by atoms with Gasteiger partial charge in [0, 0.05) is 38.6 Å². The van der Waals surface area contributed by atoms with Gasteiger partial charge in [0.1, 0.15) is 0 Å². The minimum atomic E-state index is 0.321. The van der Waals surface area contributed by atoms with Crippen molar-refractivity contribution in [3.63, 3.8) is 0 Å². The Balaban J connectivity index is 1.46. The van der Waals surface area contributed by atoms with Gasteiger partial charge >= 0.3 is 0 Å². The fourth-order valence-corrected chi connectivity index (χ4v) is 3.16. The van der Waals surface area contributed by atoms with Crippen LogP contribution in [0, 0.1) is 5.92 Å². The molecule has 0 aromatic heterocycles. The summed E-state index contributed by atoms with van der Waals surface area (Å²) in [5, 5.41) is 3.59. The fraction of sp³-hybridized carbons (Fsp3) is 0.625. The molecule has 0 amide bonds. The van der Waals surface area contributed by atoms with Gasteiger partial charge in [-0.3, -0.25) is 5.43 Å². The molecule has 5 heteroatoms. The molecule has 1 aromatic rings. The Hall–Kier alpha value is -0.980. The van der Waals surface area contributed by atoms with E-state index in [1.165, 1.54) is 5.56 Å². The summed E-state index contributed by atoms with van der Waals surface area (Å²) in [7, 11) is 2.16. The van der Waals surface area contributed by atoms with Crippen LogP contribution in [0.1, 0.15) is 11.6 Å². The lowest BCUT2D eigenvalue weighted by Gasteiger charge is -2.30. The fourth-order valence-electron chi connectivity index (χ4n) is 3.16. The first-order chi connectivity index (χ1) is 10.3. The van der Waals surface area contributed by atoms with Gasteiger partial charge < -0.3 is 15.0 Å². The van der Waals surface area contributed by atoms with Gasteiger partial charge in [0.15, 0.2) is 0 Å². The maximum Gasteiger partial charge on any atom is 0.0826 e. The molecule has 0 spiro atoms. The van der Waals surface area contributed by atoms with Crippen LogP contribution in [-0.2, 0) is 4.74 Å². The summed E-state index contributed by atoms with van der Waals surface area (Å²) in [6.07, 6.45) is 0.321. The molecule has 1 aromatic carbocycles. The average Bonchev–Trinajstić information content (AvgIpc) is 2.97. The predicted octanol–water partition coefficient (Wildman–Crippen LogP) is 0.372. The second-order valence-corrected chi connectivity index (χ2v) is 6.09. The molecule has 116 valence electrons. The zero-order chi connectivity index (χ0) is 14.5. The first-order valence-corrected chi connectivity index (χ1v) is 7.87. The Labute approximate surface area is 127 Å². The van der Waals surface area contributed by atoms with Crippen molar-refractivity contribution in [2.45, 2.75) is 12.1 Å². The Kier molecular flexibility index (Phi) is 5.22. The topological polar surface area (TPSA) is 48.6 Å². The minimum Gasteiger partial charge on any atom is -0.374 e. The number of benzene rings is 1. The summed E-state index contributed by atoms with van der Waals surface area (Å²) in [6.45, 7) is 5.85. The van der Waals surface area contributed by atoms with Crippen LogP contribution in [0.2, 0.25) is 0 Å². The molecule has 2 saturated heterocycles. The molecule has 0 radical (unpaired) electrons. The van der Waals surface area contributed by atoms with Crippen molar-refractivity contribution in [1.29, 1.82) is 0 Å². The van der Waals surface area contributed by atoms with Crippen molar-refractivity contribution in [2.24, 2.45) is 5.92 Å². The Morgan fingerprint density at radius 3 is 2.95 bits per heavy atom. The average molecular weight is 290 g/mol. The van der Waals surface area contributed by atoms with E-state index in [9.17, 15) is 0 Å². The third kappa shape index (κ3) is 4.02. The van der Waals surface area contributed by atoms with Crippen molar-refractivity contribution >= 4 is 0 Å². The van der Waals surface area contributed by atoms with E-state index in [4.69, 9.17) is 4.74 Å². The molecule has 3 unspecified atom stereocenters. The zero-order valence-electron chi connectivity index (χ0n) is 12.7. The molecule has 0 bridgehead atoms. The molecule has 2 fully saturated rings. The summed E-state index contributed by atoms with van der Waals surface area (Å²) in [5.74, 6) is 0.564. The zero-order valence-corrected chi connectivity index (χ0v) is 12.7. The van der Waals surface area contributed by atoms with Gasteiger partial charge in [-0.05, 0) is 12.6 Å². The van der Waals surface area contributed by atoms with E-state index in [0.717, 1.165) is 39.3 Å². The highest BCUT2D eigenvalue weighted by atomic mass is 16.5. The molecule has 3 N–H and O–H groups in total. The summed E-state index contributed by atoms with van der Waals surface area (Å²) in [5.41, 5.74) is 8.03. The van der Waals surface area contributed by atoms with Crippen LogP contribution in [0.4, 0.5) is 0 Å². The molecule has 2 aliphatic rings. The Bertz CT molecular complexity index is 428. The second-order valence-electron chi connectivity index (χ2n) is 6.09. The predicted molar refractivity (Wildman–Crippen MR) is 83.9 cm³/mol. The molecular formula is C16H26N4O. The second kappa shape index (κ2) is 7.33. The minimum absolute atomic E-state index is 0.321. The van der Waals surface area contributed by atoms with Gasteiger partial charge in [-0.15, -0.1) is 0 Å². The van der Waals surface area contributed by atoms with Crippen LogP contribution >= 0.6 is 0 Å². The molecule has 0 saturated carbocycles. The van der Waals surface area contributed by atoms with E-state index >= 15 is 0 Å². The number of ether oxygens (including phenoxy) is 1. The van der Waals surface area contributed by atoms with E-state index in [0.29, 0.717) is 18.1 Å².